The predicted octanol–water partition coefficient (Wildman–Crippen LogP) is 5.68. The average molecular weight is 428 g/mol. The molecule has 1 aliphatic carbocycles. The number of thioether (sulfide) groups is 1. The van der Waals surface area contributed by atoms with E-state index in [9.17, 15) is 4.79 Å². The molecule has 1 saturated carbocycles. The van der Waals surface area contributed by atoms with Crippen LogP contribution in [0.2, 0.25) is 5.02 Å². The van der Waals surface area contributed by atoms with Crippen LogP contribution >= 0.6 is 23.4 Å². The van der Waals surface area contributed by atoms with Crippen molar-refractivity contribution >= 4 is 46.2 Å². The number of halogens is 1. The Labute approximate surface area is 179 Å². The van der Waals surface area contributed by atoms with E-state index in [1.54, 1.807) is 25.6 Å². The Bertz CT molecular complexity index is 970. The zero-order chi connectivity index (χ0) is 20.2. The van der Waals surface area contributed by atoms with Crippen molar-refractivity contribution in [1.29, 1.82) is 0 Å². The number of rotatable bonds is 4. The van der Waals surface area contributed by atoms with Crippen molar-refractivity contribution in [3.8, 4) is 5.75 Å². The Morgan fingerprint density at radius 2 is 2.10 bits per heavy atom. The van der Waals surface area contributed by atoms with Gasteiger partial charge in [-0.15, -0.1) is 0 Å². The van der Waals surface area contributed by atoms with Crippen molar-refractivity contribution in [3.63, 3.8) is 0 Å². The van der Waals surface area contributed by atoms with Crippen molar-refractivity contribution < 1.29 is 9.53 Å². The van der Waals surface area contributed by atoms with Gasteiger partial charge in [0, 0.05) is 18.4 Å². The standard InChI is InChI=1S/C22H22ClN3O2S/c1-28-17-9-5-6-15(12-17)13-20-21(27)26(16-7-3-2-4-8-16)22(29-20)25-19-10-11-24-14-18(19)23/h5-6,9-14,16H,2-4,7-8H2,1H3/b20-13-,25-22?. The van der Waals surface area contributed by atoms with Gasteiger partial charge >= 0.3 is 0 Å². The number of carbonyl (C=O) groups excluding carboxylic acids is 1. The fraction of sp³-hybridized carbons (Fsp3) is 0.318. The molecular weight excluding hydrogens is 406 g/mol. The number of nitrogens with zero attached hydrogens (tertiary/aromatic N) is 3. The largest absolute Gasteiger partial charge is 0.497 e. The molecule has 7 heteroatoms. The summed E-state index contributed by atoms with van der Waals surface area (Å²) in [5.41, 5.74) is 1.55. The normalized spacial score (nSPS) is 20.6. The lowest BCUT2D eigenvalue weighted by Gasteiger charge is -2.30. The van der Waals surface area contributed by atoms with Crippen molar-refractivity contribution in [3.05, 3.63) is 58.2 Å². The molecule has 0 spiro atoms. The molecular formula is C22H22ClN3O2S. The maximum absolute atomic E-state index is 13.3. The third kappa shape index (κ3) is 4.49. The number of aliphatic imine (C=N–C) groups is 1. The number of carbonyl (C=O) groups is 1. The van der Waals surface area contributed by atoms with Crippen molar-refractivity contribution in [2.24, 2.45) is 4.99 Å². The van der Waals surface area contributed by atoms with Crippen LogP contribution in [0.3, 0.4) is 0 Å². The number of hydrogen-bond donors (Lipinski definition) is 0. The van der Waals surface area contributed by atoms with Crippen LogP contribution in [0.5, 0.6) is 5.75 Å². The molecule has 2 fully saturated rings. The molecule has 5 nitrogen and oxygen atoms in total. The monoisotopic (exact) mass is 427 g/mol. The Balaban J connectivity index is 1.71. The summed E-state index contributed by atoms with van der Waals surface area (Å²) in [7, 11) is 1.63. The molecule has 1 amide bonds. The second-order valence-electron chi connectivity index (χ2n) is 7.08. The predicted molar refractivity (Wildman–Crippen MR) is 119 cm³/mol. The van der Waals surface area contributed by atoms with Gasteiger partial charge < -0.3 is 4.74 Å². The SMILES string of the molecule is COc1cccc(/C=C2\SC(=Nc3ccncc3Cl)N(C3CCCCC3)C2=O)c1. The second-order valence-corrected chi connectivity index (χ2v) is 8.49. The summed E-state index contributed by atoms with van der Waals surface area (Å²) in [6, 6.07) is 9.63. The molecule has 150 valence electrons. The molecule has 1 aromatic carbocycles. The third-order valence-corrected chi connectivity index (χ3v) is 6.41. The number of aromatic nitrogens is 1. The van der Waals surface area contributed by atoms with Gasteiger partial charge in [-0.3, -0.25) is 14.7 Å². The Morgan fingerprint density at radius 1 is 1.28 bits per heavy atom. The minimum atomic E-state index is 0.00801. The van der Waals surface area contributed by atoms with Gasteiger partial charge in [0.15, 0.2) is 5.17 Å². The average Bonchev–Trinajstić information content (AvgIpc) is 3.05. The molecule has 29 heavy (non-hydrogen) atoms. The highest BCUT2D eigenvalue weighted by atomic mass is 35.5. The highest BCUT2D eigenvalue weighted by molar-refractivity contribution is 8.18. The lowest BCUT2D eigenvalue weighted by Crippen LogP contribution is -2.40. The molecule has 0 bridgehead atoms. The van der Waals surface area contributed by atoms with Crippen LogP contribution < -0.4 is 4.74 Å². The topological polar surface area (TPSA) is 54.8 Å². The van der Waals surface area contributed by atoms with E-state index in [-0.39, 0.29) is 11.9 Å². The summed E-state index contributed by atoms with van der Waals surface area (Å²) in [5, 5.41) is 1.16. The first kappa shape index (κ1) is 20.0. The Morgan fingerprint density at radius 3 is 2.86 bits per heavy atom. The molecule has 4 rings (SSSR count). The Kier molecular flexibility index (Phi) is 6.21. The van der Waals surface area contributed by atoms with Crippen LogP contribution in [0.1, 0.15) is 37.7 Å². The number of benzene rings is 1. The molecule has 1 aromatic heterocycles. The number of methoxy groups -OCH3 is 1. The molecule has 1 saturated heterocycles. The smallest absolute Gasteiger partial charge is 0.267 e. The summed E-state index contributed by atoms with van der Waals surface area (Å²) < 4.78 is 5.30. The van der Waals surface area contributed by atoms with Crippen molar-refractivity contribution in [2.75, 3.05) is 7.11 Å². The number of ether oxygens (including phenoxy) is 1. The molecule has 0 unspecified atom stereocenters. The van der Waals surface area contributed by atoms with Crippen molar-refractivity contribution in [1.82, 2.24) is 9.88 Å². The lowest BCUT2D eigenvalue weighted by atomic mass is 9.94. The van der Waals surface area contributed by atoms with Crippen LogP contribution in [0, 0.1) is 0 Å². The zero-order valence-corrected chi connectivity index (χ0v) is 17.7. The van der Waals surface area contributed by atoms with Crippen LogP contribution in [0.25, 0.3) is 6.08 Å². The van der Waals surface area contributed by atoms with Gasteiger partial charge in [0.25, 0.3) is 5.91 Å². The Hall–Kier alpha value is -2.31. The maximum atomic E-state index is 13.3. The highest BCUT2D eigenvalue weighted by Crippen LogP contribution is 2.39. The summed E-state index contributed by atoms with van der Waals surface area (Å²) in [6.07, 6.45) is 10.6. The van der Waals surface area contributed by atoms with E-state index in [1.165, 1.54) is 18.2 Å². The summed E-state index contributed by atoms with van der Waals surface area (Å²) in [6.45, 7) is 0. The van der Waals surface area contributed by atoms with Crippen LogP contribution in [0.15, 0.2) is 52.6 Å². The first-order valence-electron chi connectivity index (χ1n) is 9.71. The second kappa shape index (κ2) is 9.01. The molecule has 2 heterocycles. The van der Waals surface area contributed by atoms with Gasteiger partial charge in [-0.25, -0.2) is 4.99 Å². The van der Waals surface area contributed by atoms with Gasteiger partial charge in [0.05, 0.1) is 22.7 Å². The number of amides is 1. The van der Waals surface area contributed by atoms with Gasteiger partial charge in [-0.2, -0.15) is 0 Å². The van der Waals surface area contributed by atoms with E-state index >= 15 is 0 Å². The number of amidine groups is 1. The van der Waals surface area contributed by atoms with Gasteiger partial charge in [-0.05, 0) is 54.4 Å². The molecule has 0 atom stereocenters. The lowest BCUT2D eigenvalue weighted by molar-refractivity contribution is -0.124. The number of hydrogen-bond acceptors (Lipinski definition) is 5. The molecule has 0 radical (unpaired) electrons. The van der Waals surface area contributed by atoms with Crippen LogP contribution in [0.4, 0.5) is 5.69 Å². The van der Waals surface area contributed by atoms with Crippen LogP contribution in [-0.4, -0.2) is 34.1 Å². The maximum Gasteiger partial charge on any atom is 0.267 e. The van der Waals surface area contributed by atoms with E-state index in [0.29, 0.717) is 20.8 Å². The first-order valence-corrected chi connectivity index (χ1v) is 10.9. The highest BCUT2D eigenvalue weighted by Gasteiger charge is 2.38. The number of pyridine rings is 1. The van der Waals surface area contributed by atoms with E-state index in [4.69, 9.17) is 21.3 Å². The molecule has 2 aromatic rings. The van der Waals surface area contributed by atoms with E-state index in [1.807, 2.05) is 35.2 Å². The van der Waals surface area contributed by atoms with E-state index < -0.39 is 0 Å². The fourth-order valence-corrected chi connectivity index (χ4v) is 4.88. The van der Waals surface area contributed by atoms with Crippen LogP contribution in [-0.2, 0) is 4.79 Å². The molecule has 1 aliphatic heterocycles. The summed E-state index contributed by atoms with van der Waals surface area (Å²) in [5.74, 6) is 0.769. The summed E-state index contributed by atoms with van der Waals surface area (Å²) >= 11 is 7.66. The van der Waals surface area contributed by atoms with Gasteiger partial charge in [-0.1, -0.05) is 43.0 Å². The third-order valence-electron chi connectivity index (χ3n) is 5.14. The summed E-state index contributed by atoms with van der Waals surface area (Å²) in [4.78, 5) is 24.6. The van der Waals surface area contributed by atoms with E-state index in [0.717, 1.165) is 37.0 Å². The molecule has 2 aliphatic rings. The minimum absolute atomic E-state index is 0.00801. The van der Waals surface area contributed by atoms with Gasteiger partial charge in [0.2, 0.25) is 0 Å². The minimum Gasteiger partial charge on any atom is -0.497 e. The first-order chi connectivity index (χ1) is 14.2. The quantitative estimate of drug-likeness (QED) is 0.589. The van der Waals surface area contributed by atoms with E-state index in [2.05, 4.69) is 4.98 Å². The fourth-order valence-electron chi connectivity index (χ4n) is 3.67. The van der Waals surface area contributed by atoms with Crippen molar-refractivity contribution in [2.45, 2.75) is 38.1 Å². The molecule has 0 N–H and O–H groups in total. The van der Waals surface area contributed by atoms with Gasteiger partial charge in [0.1, 0.15) is 5.75 Å². The zero-order valence-electron chi connectivity index (χ0n) is 16.2.